The van der Waals surface area contributed by atoms with Crippen molar-refractivity contribution in [2.24, 2.45) is 0 Å². The second-order valence-electron chi connectivity index (χ2n) is 7.38. The van der Waals surface area contributed by atoms with Gasteiger partial charge in [0.1, 0.15) is 5.65 Å². The van der Waals surface area contributed by atoms with E-state index in [2.05, 4.69) is 56.8 Å². The maximum Gasteiger partial charge on any atom is 0.147 e. The third-order valence-electron chi connectivity index (χ3n) is 5.97. The van der Waals surface area contributed by atoms with Crippen LogP contribution in [0.1, 0.15) is 11.1 Å². The molecule has 4 aromatic heterocycles. The zero-order chi connectivity index (χ0) is 18.2. The number of aromatic nitrogens is 4. The highest BCUT2D eigenvalue weighted by molar-refractivity contribution is 6.19. The van der Waals surface area contributed by atoms with Gasteiger partial charge in [-0.2, -0.15) is 0 Å². The van der Waals surface area contributed by atoms with Crippen molar-refractivity contribution < 1.29 is 0 Å². The van der Waals surface area contributed by atoms with E-state index in [9.17, 15) is 0 Å². The summed E-state index contributed by atoms with van der Waals surface area (Å²) in [6.45, 7) is 0. The molecule has 0 unspecified atom stereocenters. The van der Waals surface area contributed by atoms with Crippen LogP contribution in [-0.2, 0) is 6.42 Å². The van der Waals surface area contributed by atoms with Crippen molar-refractivity contribution in [1.82, 2.24) is 19.4 Å². The minimum Gasteiger partial charge on any atom is -0.289 e. The van der Waals surface area contributed by atoms with Crippen LogP contribution in [0.4, 0.5) is 0 Å². The average Bonchev–Trinajstić information content (AvgIpc) is 3.32. The van der Waals surface area contributed by atoms with Crippen molar-refractivity contribution in [3.8, 4) is 11.1 Å². The number of pyridine rings is 3. The molecule has 0 radical (unpaired) electrons. The van der Waals surface area contributed by atoms with Gasteiger partial charge in [0.15, 0.2) is 0 Å². The van der Waals surface area contributed by atoms with Crippen LogP contribution >= 0.6 is 0 Å². The molecule has 7 rings (SSSR count). The molecule has 2 aromatic carbocycles. The molecule has 0 N–H and O–H groups in total. The summed E-state index contributed by atoms with van der Waals surface area (Å²) in [5.41, 5.74) is 9.41. The quantitative estimate of drug-likeness (QED) is 0.352. The molecule has 0 atom stereocenters. The molecule has 1 aliphatic rings. The van der Waals surface area contributed by atoms with Crippen LogP contribution < -0.4 is 0 Å². The van der Waals surface area contributed by atoms with Crippen LogP contribution in [0.5, 0.6) is 0 Å². The molecule has 4 heteroatoms. The lowest BCUT2D eigenvalue weighted by molar-refractivity contribution is 1.25. The fourth-order valence-corrected chi connectivity index (χ4v) is 4.81. The molecule has 1 aliphatic carbocycles. The molecule has 4 heterocycles. The summed E-state index contributed by atoms with van der Waals surface area (Å²) in [5.74, 6) is 0. The van der Waals surface area contributed by atoms with Crippen LogP contribution in [0.15, 0.2) is 73.3 Å². The van der Waals surface area contributed by atoms with Crippen molar-refractivity contribution in [1.29, 1.82) is 0 Å². The molecule has 0 fully saturated rings. The van der Waals surface area contributed by atoms with Crippen LogP contribution in [-0.4, -0.2) is 19.4 Å². The number of imidazole rings is 1. The van der Waals surface area contributed by atoms with E-state index in [0.29, 0.717) is 0 Å². The summed E-state index contributed by atoms with van der Waals surface area (Å²) in [4.78, 5) is 13.8. The van der Waals surface area contributed by atoms with Gasteiger partial charge in [0, 0.05) is 23.2 Å². The van der Waals surface area contributed by atoms with Crippen molar-refractivity contribution in [2.75, 3.05) is 0 Å². The summed E-state index contributed by atoms with van der Waals surface area (Å²) >= 11 is 0. The summed E-state index contributed by atoms with van der Waals surface area (Å²) in [5, 5.41) is 3.63. The molecule has 130 valence electrons. The predicted octanol–water partition coefficient (Wildman–Crippen LogP) is 5.16. The van der Waals surface area contributed by atoms with Crippen LogP contribution in [0, 0.1) is 0 Å². The number of rotatable bonds is 0. The monoisotopic (exact) mass is 358 g/mol. The number of nitrogens with zero attached hydrogens (tertiary/aromatic N) is 4. The summed E-state index contributed by atoms with van der Waals surface area (Å²) in [6, 6.07) is 17.3. The first-order chi connectivity index (χ1) is 13.9. The normalized spacial score (nSPS) is 12.9. The molecule has 0 bridgehead atoms. The minimum atomic E-state index is 0.955. The highest BCUT2D eigenvalue weighted by atomic mass is 15.0. The van der Waals surface area contributed by atoms with Gasteiger partial charge < -0.3 is 0 Å². The molecule has 4 nitrogen and oxygen atoms in total. The molecule has 28 heavy (non-hydrogen) atoms. The van der Waals surface area contributed by atoms with E-state index in [0.717, 1.165) is 28.6 Å². The molecule has 0 saturated carbocycles. The lowest BCUT2D eigenvalue weighted by Crippen LogP contribution is -1.94. The standard InChI is InChI=1S/C24H14N4/c1-2-4-16-14(3-1)11-15-5-6-18-17-7-9-25-12-20(17)28-21-13-26-10-8-19(21)27-24(28)23(18)22(15)16/h1-10,12-13H,11H2. The maximum absolute atomic E-state index is 5.04. The lowest BCUT2D eigenvalue weighted by atomic mass is 9.96. The van der Waals surface area contributed by atoms with Crippen molar-refractivity contribution >= 4 is 38.4 Å². The van der Waals surface area contributed by atoms with Gasteiger partial charge in [0.25, 0.3) is 0 Å². The maximum atomic E-state index is 5.04. The third-order valence-corrected chi connectivity index (χ3v) is 5.97. The molecule has 6 aromatic rings. The van der Waals surface area contributed by atoms with Crippen LogP contribution in [0.25, 0.3) is 49.5 Å². The topological polar surface area (TPSA) is 43.1 Å². The first kappa shape index (κ1) is 14.3. The van der Waals surface area contributed by atoms with Crippen LogP contribution in [0.2, 0.25) is 0 Å². The Morgan fingerprint density at radius 2 is 1.61 bits per heavy atom. The van der Waals surface area contributed by atoms with E-state index in [4.69, 9.17) is 4.98 Å². The smallest absolute Gasteiger partial charge is 0.147 e. The van der Waals surface area contributed by atoms with Crippen molar-refractivity contribution in [3.63, 3.8) is 0 Å². The van der Waals surface area contributed by atoms with Crippen molar-refractivity contribution in [2.45, 2.75) is 6.42 Å². The second kappa shape index (κ2) is 4.93. The number of fused-ring (bicyclic) bond motifs is 12. The van der Waals surface area contributed by atoms with Gasteiger partial charge in [-0.05, 0) is 46.2 Å². The number of hydrogen-bond acceptors (Lipinski definition) is 3. The van der Waals surface area contributed by atoms with E-state index in [1.165, 1.54) is 38.4 Å². The largest absolute Gasteiger partial charge is 0.289 e. The zero-order valence-corrected chi connectivity index (χ0v) is 14.9. The van der Waals surface area contributed by atoms with Gasteiger partial charge in [-0.15, -0.1) is 0 Å². The molecule has 0 aliphatic heterocycles. The van der Waals surface area contributed by atoms with E-state index in [-0.39, 0.29) is 0 Å². The Morgan fingerprint density at radius 3 is 2.57 bits per heavy atom. The molecule has 0 saturated heterocycles. The first-order valence-corrected chi connectivity index (χ1v) is 9.42. The fourth-order valence-electron chi connectivity index (χ4n) is 4.81. The molecular weight excluding hydrogens is 344 g/mol. The fraction of sp³-hybridized carbons (Fsp3) is 0.0417. The Hall–Kier alpha value is -3.79. The van der Waals surface area contributed by atoms with Gasteiger partial charge in [0.05, 0.1) is 28.9 Å². The van der Waals surface area contributed by atoms with Gasteiger partial charge in [-0.1, -0.05) is 36.4 Å². The van der Waals surface area contributed by atoms with Gasteiger partial charge >= 0.3 is 0 Å². The Kier molecular flexibility index (Phi) is 2.51. The zero-order valence-electron chi connectivity index (χ0n) is 14.9. The second-order valence-corrected chi connectivity index (χ2v) is 7.38. The summed E-state index contributed by atoms with van der Waals surface area (Å²) in [6.07, 6.45) is 8.47. The van der Waals surface area contributed by atoms with Crippen LogP contribution in [0.3, 0.4) is 0 Å². The van der Waals surface area contributed by atoms with E-state index in [1.54, 1.807) is 6.20 Å². The van der Waals surface area contributed by atoms with Gasteiger partial charge in [0.2, 0.25) is 0 Å². The molecule has 0 amide bonds. The predicted molar refractivity (Wildman–Crippen MR) is 112 cm³/mol. The Bertz CT molecular complexity index is 1590. The highest BCUT2D eigenvalue weighted by Crippen LogP contribution is 2.44. The Balaban J connectivity index is 1.84. The molecular formula is C24H14N4. The Morgan fingerprint density at radius 1 is 0.750 bits per heavy atom. The summed E-state index contributed by atoms with van der Waals surface area (Å²) in [7, 11) is 0. The van der Waals surface area contributed by atoms with E-state index in [1.807, 2.05) is 24.7 Å². The van der Waals surface area contributed by atoms with Gasteiger partial charge in [-0.25, -0.2) is 4.98 Å². The third kappa shape index (κ3) is 1.63. The highest BCUT2D eigenvalue weighted by Gasteiger charge is 2.24. The Labute approximate surface area is 160 Å². The SMILES string of the molecule is c1ccc2c(c1)Cc1ccc3c4ccncc4n4c5cnccc5nc4c3c1-2. The minimum absolute atomic E-state index is 0.955. The first-order valence-electron chi connectivity index (χ1n) is 9.42. The summed E-state index contributed by atoms with van der Waals surface area (Å²) < 4.78 is 2.22. The lowest BCUT2D eigenvalue weighted by Gasteiger charge is -2.12. The van der Waals surface area contributed by atoms with Crippen molar-refractivity contribution in [3.05, 3.63) is 84.4 Å². The average molecular weight is 358 g/mol. The van der Waals surface area contributed by atoms with E-state index >= 15 is 0 Å². The number of benzene rings is 2. The molecule has 0 spiro atoms. The van der Waals surface area contributed by atoms with E-state index < -0.39 is 0 Å². The number of hydrogen-bond donors (Lipinski definition) is 0. The van der Waals surface area contributed by atoms with Gasteiger partial charge in [-0.3, -0.25) is 14.4 Å².